The molecule has 0 saturated heterocycles. The van der Waals surface area contributed by atoms with Crippen molar-refractivity contribution in [3.8, 4) is 11.4 Å². The molecule has 0 radical (unpaired) electrons. The molecule has 0 fully saturated rings. The van der Waals surface area contributed by atoms with Gasteiger partial charge in [0, 0.05) is 11.8 Å². The first-order chi connectivity index (χ1) is 10.9. The molecule has 120 valence electrons. The minimum atomic E-state index is -0.954. The number of methoxy groups -OCH3 is 2. The topological polar surface area (TPSA) is 94.8 Å². The number of nitrogens with zero attached hydrogens (tertiary/aromatic N) is 1. The summed E-state index contributed by atoms with van der Waals surface area (Å²) in [5.74, 6) is -2.55. The van der Waals surface area contributed by atoms with E-state index >= 15 is 0 Å². The molecule has 0 amide bonds. The van der Waals surface area contributed by atoms with Crippen molar-refractivity contribution in [1.29, 1.82) is 0 Å². The van der Waals surface area contributed by atoms with E-state index in [-0.39, 0.29) is 0 Å². The zero-order chi connectivity index (χ0) is 17.1. The Balaban J connectivity index is 2.93. The first-order valence-corrected chi connectivity index (χ1v) is 6.63. The normalized spacial score (nSPS) is 10.2. The number of benzene rings is 1. The molecule has 7 nitrogen and oxygen atoms in total. The summed E-state index contributed by atoms with van der Waals surface area (Å²) in [5, 5.41) is 9.92. The van der Waals surface area contributed by atoms with E-state index in [1.807, 2.05) is 13.0 Å². The van der Waals surface area contributed by atoms with Gasteiger partial charge in [-0.25, -0.2) is 9.59 Å². The van der Waals surface area contributed by atoms with Gasteiger partial charge in [0.25, 0.3) is 5.56 Å². The number of aromatic hydroxyl groups is 1. The average molecular weight is 317 g/mol. The highest BCUT2D eigenvalue weighted by atomic mass is 16.5. The van der Waals surface area contributed by atoms with E-state index in [0.717, 1.165) is 30.4 Å². The maximum Gasteiger partial charge on any atom is 0.356 e. The van der Waals surface area contributed by atoms with Gasteiger partial charge in [-0.3, -0.25) is 9.36 Å². The van der Waals surface area contributed by atoms with Gasteiger partial charge in [0.1, 0.15) is 11.3 Å². The van der Waals surface area contributed by atoms with E-state index in [9.17, 15) is 19.5 Å². The lowest BCUT2D eigenvalue weighted by Crippen LogP contribution is -2.28. The summed E-state index contributed by atoms with van der Waals surface area (Å²) >= 11 is 0. The zero-order valence-electron chi connectivity index (χ0n) is 12.8. The highest BCUT2D eigenvalue weighted by Gasteiger charge is 2.28. The number of aromatic nitrogens is 1. The van der Waals surface area contributed by atoms with E-state index < -0.39 is 34.5 Å². The molecule has 0 bridgehead atoms. The molecule has 0 saturated carbocycles. The molecule has 2 rings (SSSR count). The Kier molecular flexibility index (Phi) is 4.49. The largest absolute Gasteiger partial charge is 0.507 e. The molecule has 1 aromatic heterocycles. The number of pyridine rings is 1. The van der Waals surface area contributed by atoms with Crippen LogP contribution in [0.3, 0.4) is 0 Å². The van der Waals surface area contributed by atoms with Crippen LogP contribution in [0.4, 0.5) is 0 Å². The van der Waals surface area contributed by atoms with Crippen molar-refractivity contribution in [2.75, 3.05) is 14.2 Å². The number of hydrogen-bond acceptors (Lipinski definition) is 6. The van der Waals surface area contributed by atoms with Crippen molar-refractivity contribution in [3.63, 3.8) is 0 Å². The van der Waals surface area contributed by atoms with Crippen molar-refractivity contribution in [2.45, 2.75) is 6.92 Å². The van der Waals surface area contributed by atoms with Crippen LogP contribution in [0.2, 0.25) is 0 Å². The van der Waals surface area contributed by atoms with Gasteiger partial charge in [-0.2, -0.15) is 0 Å². The summed E-state index contributed by atoms with van der Waals surface area (Å²) in [6.07, 6.45) is 0. The van der Waals surface area contributed by atoms with Crippen LogP contribution in [0.5, 0.6) is 5.75 Å². The Labute approximate surface area is 131 Å². The number of hydrogen-bond donors (Lipinski definition) is 1. The Morgan fingerprint density at radius 1 is 1.09 bits per heavy atom. The molecule has 7 heteroatoms. The summed E-state index contributed by atoms with van der Waals surface area (Å²) in [4.78, 5) is 36.4. The van der Waals surface area contributed by atoms with Gasteiger partial charge in [-0.15, -0.1) is 0 Å². The van der Waals surface area contributed by atoms with E-state index in [1.54, 1.807) is 18.2 Å². The summed E-state index contributed by atoms with van der Waals surface area (Å²) in [6.45, 7) is 1.81. The number of carbonyl (C=O) groups excluding carboxylic acids is 2. The Morgan fingerprint density at radius 3 is 2.30 bits per heavy atom. The lowest BCUT2D eigenvalue weighted by Gasteiger charge is -2.15. The van der Waals surface area contributed by atoms with Crippen LogP contribution < -0.4 is 5.56 Å². The fourth-order valence-electron chi connectivity index (χ4n) is 2.21. The molecular formula is C16H15NO6. The van der Waals surface area contributed by atoms with Crippen LogP contribution in [-0.2, 0) is 9.47 Å². The Hall–Kier alpha value is -3.09. The molecule has 0 unspecified atom stereocenters. The van der Waals surface area contributed by atoms with Crippen LogP contribution in [0.1, 0.15) is 26.4 Å². The van der Waals surface area contributed by atoms with E-state index in [4.69, 9.17) is 0 Å². The molecule has 1 heterocycles. The van der Waals surface area contributed by atoms with Gasteiger partial charge in [-0.05, 0) is 24.6 Å². The SMILES string of the molecule is COC(=O)c1c(O)cc(=O)n(-c2cccc(C)c2)c1C(=O)OC. The summed E-state index contributed by atoms with van der Waals surface area (Å²) < 4.78 is 10.2. The molecule has 0 aliphatic heterocycles. The van der Waals surface area contributed by atoms with Crippen molar-refractivity contribution in [2.24, 2.45) is 0 Å². The highest BCUT2D eigenvalue weighted by Crippen LogP contribution is 2.23. The molecule has 1 aromatic carbocycles. The molecule has 0 spiro atoms. The summed E-state index contributed by atoms with van der Waals surface area (Å²) in [5.41, 5.74) is -0.296. The first-order valence-electron chi connectivity index (χ1n) is 6.63. The van der Waals surface area contributed by atoms with Crippen molar-refractivity contribution in [1.82, 2.24) is 4.57 Å². The van der Waals surface area contributed by atoms with Crippen molar-refractivity contribution >= 4 is 11.9 Å². The molecule has 0 atom stereocenters. The molecule has 2 aromatic rings. The van der Waals surface area contributed by atoms with Gasteiger partial charge in [-0.1, -0.05) is 12.1 Å². The van der Waals surface area contributed by atoms with Crippen LogP contribution in [0.25, 0.3) is 5.69 Å². The number of carbonyl (C=O) groups is 2. The van der Waals surface area contributed by atoms with E-state index in [1.165, 1.54) is 0 Å². The van der Waals surface area contributed by atoms with Gasteiger partial charge in [0.05, 0.1) is 14.2 Å². The lowest BCUT2D eigenvalue weighted by atomic mass is 10.1. The van der Waals surface area contributed by atoms with Gasteiger partial charge in [0.2, 0.25) is 0 Å². The fourth-order valence-corrected chi connectivity index (χ4v) is 2.21. The first kappa shape index (κ1) is 16.3. The second-order valence-electron chi connectivity index (χ2n) is 4.75. The minimum Gasteiger partial charge on any atom is -0.507 e. The predicted octanol–water partition coefficient (Wildman–Crippen LogP) is 1.42. The van der Waals surface area contributed by atoms with Crippen molar-refractivity contribution < 1.29 is 24.2 Å². The maximum absolute atomic E-state index is 12.3. The minimum absolute atomic E-state index is 0.362. The summed E-state index contributed by atoms with van der Waals surface area (Å²) in [6, 6.07) is 7.61. The highest BCUT2D eigenvalue weighted by molar-refractivity contribution is 6.04. The third-order valence-corrected chi connectivity index (χ3v) is 3.23. The third kappa shape index (κ3) is 2.94. The summed E-state index contributed by atoms with van der Waals surface area (Å²) in [7, 11) is 2.21. The molecule has 23 heavy (non-hydrogen) atoms. The van der Waals surface area contributed by atoms with Gasteiger partial charge < -0.3 is 14.6 Å². The molecular weight excluding hydrogens is 302 g/mol. The standard InChI is InChI=1S/C16H15NO6/c1-9-5-4-6-10(7-9)17-12(19)8-11(18)13(15(20)22-2)14(17)16(21)23-3/h4-8,18H,1-3H3. The number of ether oxygens (including phenoxy) is 2. The van der Waals surface area contributed by atoms with Gasteiger partial charge >= 0.3 is 11.9 Å². The average Bonchev–Trinajstić information content (AvgIpc) is 2.52. The molecule has 1 N–H and O–H groups in total. The Morgan fingerprint density at radius 2 is 1.74 bits per heavy atom. The van der Waals surface area contributed by atoms with E-state index in [0.29, 0.717) is 5.69 Å². The second-order valence-corrected chi connectivity index (χ2v) is 4.75. The number of rotatable bonds is 3. The zero-order valence-corrected chi connectivity index (χ0v) is 12.8. The number of aryl methyl sites for hydroxylation is 1. The van der Waals surface area contributed by atoms with Crippen molar-refractivity contribution in [3.05, 3.63) is 57.5 Å². The number of esters is 2. The quantitative estimate of drug-likeness (QED) is 0.860. The molecule has 0 aliphatic carbocycles. The predicted molar refractivity (Wildman–Crippen MR) is 81.1 cm³/mol. The fraction of sp³-hybridized carbons (Fsp3) is 0.188. The second kappa shape index (κ2) is 6.35. The van der Waals surface area contributed by atoms with Crippen LogP contribution in [-0.4, -0.2) is 35.8 Å². The third-order valence-electron chi connectivity index (χ3n) is 3.23. The maximum atomic E-state index is 12.3. The molecule has 0 aliphatic rings. The van der Waals surface area contributed by atoms with Crippen LogP contribution >= 0.6 is 0 Å². The Bertz CT molecular complexity index is 837. The van der Waals surface area contributed by atoms with Gasteiger partial charge in [0.15, 0.2) is 5.69 Å². The van der Waals surface area contributed by atoms with Crippen LogP contribution in [0, 0.1) is 6.92 Å². The smallest absolute Gasteiger partial charge is 0.356 e. The van der Waals surface area contributed by atoms with Crippen LogP contribution in [0.15, 0.2) is 35.1 Å². The van der Waals surface area contributed by atoms with E-state index in [2.05, 4.69) is 9.47 Å². The monoisotopic (exact) mass is 317 g/mol. The lowest BCUT2D eigenvalue weighted by molar-refractivity contribution is 0.0543.